The zero-order valence-corrected chi connectivity index (χ0v) is 13.6. The summed E-state index contributed by atoms with van der Waals surface area (Å²) in [5.74, 6) is -0.312. The SMILES string of the molecule is O=C(Nc1ccc2[nH]nc(/C=C/c3cccnc3)c2c1)c1cnccn1. The van der Waals surface area contributed by atoms with Crippen molar-refractivity contribution < 1.29 is 4.79 Å². The van der Waals surface area contributed by atoms with Crippen LogP contribution in [-0.2, 0) is 0 Å². The molecule has 0 bridgehead atoms. The third-order valence-electron chi connectivity index (χ3n) is 3.76. The zero-order valence-electron chi connectivity index (χ0n) is 13.6. The minimum Gasteiger partial charge on any atom is -0.321 e. The van der Waals surface area contributed by atoms with Crippen LogP contribution in [-0.4, -0.2) is 31.1 Å². The molecule has 0 saturated carbocycles. The van der Waals surface area contributed by atoms with Gasteiger partial charge in [-0.15, -0.1) is 0 Å². The first-order valence-corrected chi connectivity index (χ1v) is 7.93. The molecule has 4 aromatic rings. The van der Waals surface area contributed by atoms with Crippen LogP contribution in [0.15, 0.2) is 61.3 Å². The molecule has 26 heavy (non-hydrogen) atoms. The molecule has 0 unspecified atom stereocenters. The van der Waals surface area contributed by atoms with Crippen LogP contribution in [0.3, 0.4) is 0 Å². The number of amides is 1. The van der Waals surface area contributed by atoms with E-state index < -0.39 is 0 Å². The molecule has 3 aromatic heterocycles. The fourth-order valence-electron chi connectivity index (χ4n) is 2.50. The van der Waals surface area contributed by atoms with Gasteiger partial charge in [0.15, 0.2) is 0 Å². The first-order chi connectivity index (χ1) is 12.8. The van der Waals surface area contributed by atoms with E-state index in [1.807, 2.05) is 42.5 Å². The quantitative estimate of drug-likeness (QED) is 0.594. The summed E-state index contributed by atoms with van der Waals surface area (Å²) in [5, 5.41) is 11.0. The van der Waals surface area contributed by atoms with Gasteiger partial charge in [-0.1, -0.05) is 12.1 Å². The number of carbonyl (C=O) groups is 1. The van der Waals surface area contributed by atoms with Crippen LogP contribution in [0.2, 0.25) is 0 Å². The molecule has 0 atom stereocenters. The normalized spacial score (nSPS) is 11.1. The number of fused-ring (bicyclic) bond motifs is 1. The number of hydrogen-bond acceptors (Lipinski definition) is 5. The second-order valence-corrected chi connectivity index (χ2v) is 5.53. The van der Waals surface area contributed by atoms with Crippen LogP contribution < -0.4 is 5.32 Å². The van der Waals surface area contributed by atoms with Crippen molar-refractivity contribution in [2.75, 3.05) is 5.32 Å². The Morgan fingerprint density at radius 2 is 1.96 bits per heavy atom. The van der Waals surface area contributed by atoms with E-state index in [4.69, 9.17) is 0 Å². The predicted octanol–water partition coefficient (Wildman–Crippen LogP) is 3.17. The van der Waals surface area contributed by atoms with Gasteiger partial charge in [-0.2, -0.15) is 5.10 Å². The fourth-order valence-corrected chi connectivity index (χ4v) is 2.50. The highest BCUT2D eigenvalue weighted by atomic mass is 16.1. The molecular formula is C19H14N6O. The molecule has 0 aliphatic rings. The molecule has 126 valence electrons. The first kappa shape index (κ1) is 15.6. The number of aromatic nitrogens is 5. The molecule has 0 saturated heterocycles. The summed E-state index contributed by atoms with van der Waals surface area (Å²) in [7, 11) is 0. The van der Waals surface area contributed by atoms with Gasteiger partial charge in [0.2, 0.25) is 0 Å². The van der Waals surface area contributed by atoms with Gasteiger partial charge in [-0.3, -0.25) is 19.9 Å². The van der Waals surface area contributed by atoms with E-state index in [1.54, 1.807) is 12.4 Å². The number of H-pyrrole nitrogens is 1. The summed E-state index contributed by atoms with van der Waals surface area (Å²) in [4.78, 5) is 24.2. The largest absolute Gasteiger partial charge is 0.321 e. The molecule has 3 heterocycles. The van der Waals surface area contributed by atoms with Gasteiger partial charge in [0.1, 0.15) is 5.69 Å². The number of aromatic amines is 1. The Hall–Kier alpha value is -3.87. The number of nitrogens with one attached hydrogen (secondary N) is 2. The highest BCUT2D eigenvalue weighted by Gasteiger charge is 2.09. The second-order valence-electron chi connectivity index (χ2n) is 5.53. The van der Waals surface area contributed by atoms with E-state index in [0.717, 1.165) is 22.2 Å². The van der Waals surface area contributed by atoms with E-state index >= 15 is 0 Å². The Labute approximate surface area is 148 Å². The Balaban J connectivity index is 1.60. The molecule has 0 fully saturated rings. The Bertz CT molecular complexity index is 1070. The number of anilines is 1. The van der Waals surface area contributed by atoms with Crippen molar-refractivity contribution in [2.45, 2.75) is 0 Å². The number of hydrogen-bond donors (Lipinski definition) is 2. The van der Waals surface area contributed by atoms with Gasteiger partial charge in [0.25, 0.3) is 5.91 Å². The molecule has 1 aromatic carbocycles. The number of nitrogens with zero attached hydrogens (tertiary/aromatic N) is 4. The fraction of sp³-hybridized carbons (Fsp3) is 0. The Morgan fingerprint density at radius 1 is 1.04 bits per heavy atom. The van der Waals surface area contributed by atoms with Gasteiger partial charge < -0.3 is 5.32 Å². The molecule has 0 spiro atoms. The van der Waals surface area contributed by atoms with Crippen molar-refractivity contribution in [1.29, 1.82) is 0 Å². The third kappa shape index (κ3) is 3.32. The topological polar surface area (TPSA) is 96.5 Å². The van der Waals surface area contributed by atoms with Gasteiger partial charge in [0.05, 0.1) is 17.4 Å². The highest BCUT2D eigenvalue weighted by Crippen LogP contribution is 2.22. The molecular weight excluding hydrogens is 328 g/mol. The van der Waals surface area contributed by atoms with Crippen molar-refractivity contribution in [3.63, 3.8) is 0 Å². The maximum atomic E-state index is 12.2. The van der Waals surface area contributed by atoms with Gasteiger partial charge in [0, 0.05) is 35.9 Å². The summed E-state index contributed by atoms with van der Waals surface area (Å²) in [6.07, 6.45) is 11.8. The lowest BCUT2D eigenvalue weighted by atomic mass is 10.1. The van der Waals surface area contributed by atoms with Gasteiger partial charge >= 0.3 is 0 Å². The third-order valence-corrected chi connectivity index (χ3v) is 3.76. The number of pyridine rings is 1. The smallest absolute Gasteiger partial charge is 0.275 e. The summed E-state index contributed by atoms with van der Waals surface area (Å²) in [6, 6.07) is 9.39. The zero-order chi connectivity index (χ0) is 17.8. The van der Waals surface area contributed by atoms with Crippen molar-refractivity contribution in [3.05, 3.63) is 78.3 Å². The molecule has 0 aliphatic heterocycles. The highest BCUT2D eigenvalue weighted by molar-refractivity contribution is 6.04. The lowest BCUT2D eigenvalue weighted by Gasteiger charge is -2.04. The van der Waals surface area contributed by atoms with Crippen LogP contribution in [0.5, 0.6) is 0 Å². The summed E-state index contributed by atoms with van der Waals surface area (Å²) in [6.45, 7) is 0. The average molecular weight is 342 g/mol. The molecule has 0 aliphatic carbocycles. The van der Waals surface area contributed by atoms with Crippen LogP contribution >= 0.6 is 0 Å². The molecule has 0 radical (unpaired) electrons. The van der Waals surface area contributed by atoms with E-state index in [-0.39, 0.29) is 11.6 Å². The maximum Gasteiger partial charge on any atom is 0.275 e. The van der Waals surface area contributed by atoms with E-state index in [0.29, 0.717) is 5.69 Å². The van der Waals surface area contributed by atoms with Gasteiger partial charge in [-0.25, -0.2) is 4.98 Å². The van der Waals surface area contributed by atoms with Crippen molar-refractivity contribution >= 4 is 34.6 Å². The number of benzene rings is 1. The predicted molar refractivity (Wildman–Crippen MR) is 99.2 cm³/mol. The minimum atomic E-state index is -0.312. The van der Waals surface area contributed by atoms with Crippen LogP contribution in [0.1, 0.15) is 21.7 Å². The van der Waals surface area contributed by atoms with E-state index in [9.17, 15) is 4.79 Å². The Kier molecular flexibility index (Phi) is 4.17. The maximum absolute atomic E-state index is 12.2. The van der Waals surface area contributed by atoms with Crippen LogP contribution in [0, 0.1) is 0 Å². The average Bonchev–Trinajstić information content (AvgIpc) is 3.10. The lowest BCUT2D eigenvalue weighted by Crippen LogP contribution is -2.13. The number of carbonyl (C=O) groups excluding carboxylic acids is 1. The Morgan fingerprint density at radius 3 is 2.77 bits per heavy atom. The first-order valence-electron chi connectivity index (χ1n) is 7.93. The van der Waals surface area contributed by atoms with Crippen LogP contribution in [0.4, 0.5) is 5.69 Å². The lowest BCUT2D eigenvalue weighted by molar-refractivity contribution is 0.102. The van der Waals surface area contributed by atoms with Crippen molar-refractivity contribution in [2.24, 2.45) is 0 Å². The van der Waals surface area contributed by atoms with E-state index in [1.165, 1.54) is 18.6 Å². The standard InChI is InChI=1S/C19H14N6O/c26-19(18-12-21-8-9-22-18)23-14-4-6-17-15(10-14)16(24-25-17)5-3-13-2-1-7-20-11-13/h1-12H,(H,23,26)(H,24,25)/b5-3+. The summed E-state index contributed by atoms with van der Waals surface area (Å²) in [5.41, 5.74) is 3.56. The van der Waals surface area contributed by atoms with Gasteiger partial charge in [-0.05, 0) is 35.9 Å². The van der Waals surface area contributed by atoms with Crippen LogP contribution in [0.25, 0.3) is 23.1 Å². The second kappa shape index (κ2) is 6.94. The van der Waals surface area contributed by atoms with Crippen molar-refractivity contribution in [3.8, 4) is 0 Å². The number of rotatable bonds is 4. The molecule has 7 nitrogen and oxygen atoms in total. The summed E-state index contributed by atoms with van der Waals surface area (Å²) < 4.78 is 0. The molecule has 1 amide bonds. The molecule has 4 rings (SSSR count). The van der Waals surface area contributed by atoms with E-state index in [2.05, 4.69) is 30.5 Å². The minimum absolute atomic E-state index is 0.261. The monoisotopic (exact) mass is 342 g/mol. The summed E-state index contributed by atoms with van der Waals surface area (Å²) >= 11 is 0. The van der Waals surface area contributed by atoms with Crippen molar-refractivity contribution in [1.82, 2.24) is 25.1 Å². The molecule has 7 heteroatoms. The molecule has 2 N–H and O–H groups in total.